The Morgan fingerprint density at radius 1 is 1.56 bits per heavy atom. The minimum Gasteiger partial charge on any atom is -0.469 e. The number of alkyl halides is 2. The maximum atomic E-state index is 13.7. The lowest BCUT2D eigenvalue weighted by atomic mass is 9.82. The number of methoxy groups -OCH3 is 1. The monoisotopic (exact) mass is 233 g/mol. The SMILES string of the molecule is COC(=O)CC1CC2NC(C)(C1)C(F)C2F. The van der Waals surface area contributed by atoms with Crippen LogP contribution in [0.4, 0.5) is 8.78 Å². The first-order valence-electron chi connectivity index (χ1n) is 5.59. The summed E-state index contributed by atoms with van der Waals surface area (Å²) in [6.45, 7) is 1.69. The fourth-order valence-electron chi connectivity index (χ4n) is 3.02. The number of fused-ring (bicyclic) bond motifs is 2. The van der Waals surface area contributed by atoms with Gasteiger partial charge in [-0.2, -0.15) is 0 Å². The topological polar surface area (TPSA) is 38.3 Å². The molecule has 5 heteroatoms. The molecule has 0 aromatic carbocycles. The van der Waals surface area contributed by atoms with E-state index in [1.165, 1.54) is 7.11 Å². The van der Waals surface area contributed by atoms with Crippen LogP contribution in [-0.2, 0) is 9.53 Å². The van der Waals surface area contributed by atoms with Gasteiger partial charge in [-0.05, 0) is 25.7 Å². The summed E-state index contributed by atoms with van der Waals surface area (Å²) in [5, 5.41) is 2.99. The van der Waals surface area contributed by atoms with Gasteiger partial charge < -0.3 is 10.1 Å². The number of carbonyl (C=O) groups excluding carboxylic acids is 1. The number of hydrogen-bond donors (Lipinski definition) is 1. The lowest BCUT2D eigenvalue weighted by Gasteiger charge is -2.36. The summed E-state index contributed by atoms with van der Waals surface area (Å²) in [6, 6.07) is -0.455. The molecule has 0 aromatic rings. The van der Waals surface area contributed by atoms with Crippen molar-refractivity contribution in [2.24, 2.45) is 5.92 Å². The molecule has 92 valence electrons. The Kier molecular flexibility index (Phi) is 2.90. The van der Waals surface area contributed by atoms with Crippen molar-refractivity contribution in [1.29, 1.82) is 0 Å². The Morgan fingerprint density at radius 2 is 2.25 bits per heavy atom. The van der Waals surface area contributed by atoms with Crippen LogP contribution in [0.2, 0.25) is 0 Å². The van der Waals surface area contributed by atoms with Gasteiger partial charge in [0.25, 0.3) is 0 Å². The van der Waals surface area contributed by atoms with Crippen molar-refractivity contribution in [2.75, 3.05) is 7.11 Å². The highest BCUT2D eigenvalue weighted by Crippen LogP contribution is 2.42. The number of esters is 1. The Labute approximate surface area is 93.5 Å². The minimum atomic E-state index is -1.47. The van der Waals surface area contributed by atoms with Crippen LogP contribution < -0.4 is 5.32 Å². The quantitative estimate of drug-likeness (QED) is 0.732. The highest BCUT2D eigenvalue weighted by molar-refractivity contribution is 5.69. The van der Waals surface area contributed by atoms with E-state index in [4.69, 9.17) is 0 Å². The number of ether oxygens (including phenoxy) is 1. The van der Waals surface area contributed by atoms with Gasteiger partial charge in [-0.3, -0.25) is 4.79 Å². The zero-order valence-electron chi connectivity index (χ0n) is 9.50. The molecule has 5 unspecified atom stereocenters. The van der Waals surface area contributed by atoms with Crippen LogP contribution >= 0.6 is 0 Å². The lowest BCUT2D eigenvalue weighted by molar-refractivity contribution is -0.142. The van der Waals surface area contributed by atoms with Gasteiger partial charge in [0, 0.05) is 12.5 Å². The molecule has 16 heavy (non-hydrogen) atoms. The van der Waals surface area contributed by atoms with Gasteiger partial charge in [0.05, 0.1) is 12.6 Å². The van der Waals surface area contributed by atoms with Crippen molar-refractivity contribution in [2.45, 2.75) is 50.1 Å². The van der Waals surface area contributed by atoms with E-state index in [-0.39, 0.29) is 18.3 Å². The van der Waals surface area contributed by atoms with Gasteiger partial charge in [0.1, 0.15) is 6.17 Å². The van der Waals surface area contributed by atoms with E-state index >= 15 is 0 Å². The van der Waals surface area contributed by atoms with Gasteiger partial charge in [-0.25, -0.2) is 8.78 Å². The number of piperidine rings is 1. The number of halogens is 2. The average Bonchev–Trinajstić information content (AvgIpc) is 2.39. The van der Waals surface area contributed by atoms with Crippen LogP contribution in [0.5, 0.6) is 0 Å². The van der Waals surface area contributed by atoms with E-state index in [9.17, 15) is 13.6 Å². The summed E-state index contributed by atoms with van der Waals surface area (Å²) in [5.41, 5.74) is -0.818. The first-order valence-corrected chi connectivity index (χ1v) is 5.59. The summed E-state index contributed by atoms with van der Waals surface area (Å²) in [7, 11) is 1.33. The van der Waals surface area contributed by atoms with Crippen molar-refractivity contribution in [3.05, 3.63) is 0 Å². The summed E-state index contributed by atoms with van der Waals surface area (Å²) < 4.78 is 31.8. The second-order valence-electron chi connectivity index (χ2n) is 5.10. The van der Waals surface area contributed by atoms with Gasteiger partial charge in [0.2, 0.25) is 0 Å². The fourth-order valence-corrected chi connectivity index (χ4v) is 3.02. The zero-order chi connectivity index (χ0) is 11.9. The molecule has 2 aliphatic rings. The molecule has 3 nitrogen and oxygen atoms in total. The van der Waals surface area contributed by atoms with Crippen LogP contribution in [0.3, 0.4) is 0 Å². The molecule has 0 radical (unpaired) electrons. The molecule has 2 fully saturated rings. The lowest BCUT2D eigenvalue weighted by Crippen LogP contribution is -2.50. The third-order valence-corrected chi connectivity index (χ3v) is 3.77. The number of hydrogen-bond acceptors (Lipinski definition) is 3. The number of carbonyl (C=O) groups is 1. The Hall–Kier alpha value is -0.710. The molecular weight excluding hydrogens is 216 g/mol. The fraction of sp³-hybridized carbons (Fsp3) is 0.909. The van der Waals surface area contributed by atoms with E-state index in [2.05, 4.69) is 10.1 Å². The smallest absolute Gasteiger partial charge is 0.305 e. The van der Waals surface area contributed by atoms with Crippen LogP contribution in [0, 0.1) is 5.92 Å². The van der Waals surface area contributed by atoms with Crippen LogP contribution in [0.15, 0.2) is 0 Å². The molecule has 5 atom stereocenters. The average molecular weight is 233 g/mol. The van der Waals surface area contributed by atoms with E-state index in [0.717, 1.165) is 0 Å². The van der Waals surface area contributed by atoms with Crippen LogP contribution in [0.1, 0.15) is 26.2 Å². The third kappa shape index (κ3) is 1.81. The molecule has 1 N–H and O–H groups in total. The van der Waals surface area contributed by atoms with Crippen molar-refractivity contribution >= 4 is 5.97 Å². The highest BCUT2D eigenvalue weighted by Gasteiger charge is 2.56. The van der Waals surface area contributed by atoms with Gasteiger partial charge in [-0.15, -0.1) is 0 Å². The largest absolute Gasteiger partial charge is 0.469 e. The summed E-state index contributed by atoms with van der Waals surface area (Å²) in [4.78, 5) is 11.2. The molecule has 0 amide bonds. The second kappa shape index (κ2) is 3.95. The van der Waals surface area contributed by atoms with E-state index in [1.54, 1.807) is 6.92 Å². The van der Waals surface area contributed by atoms with Crippen molar-refractivity contribution < 1.29 is 18.3 Å². The van der Waals surface area contributed by atoms with Gasteiger partial charge in [0.15, 0.2) is 6.17 Å². The molecule has 2 bridgehead atoms. The Morgan fingerprint density at radius 3 is 2.81 bits per heavy atom. The molecule has 0 spiro atoms. The highest BCUT2D eigenvalue weighted by atomic mass is 19.2. The van der Waals surface area contributed by atoms with Crippen LogP contribution in [-0.4, -0.2) is 37.0 Å². The predicted octanol–water partition coefficient (Wildman–Crippen LogP) is 1.37. The number of nitrogens with one attached hydrogen (secondary N) is 1. The molecule has 0 aromatic heterocycles. The maximum absolute atomic E-state index is 13.7. The molecule has 0 saturated carbocycles. The summed E-state index contributed by atoms with van der Waals surface area (Å²) in [5.74, 6) is -0.289. The van der Waals surface area contributed by atoms with Gasteiger partial charge in [-0.1, -0.05) is 0 Å². The number of rotatable bonds is 2. The molecule has 2 saturated heterocycles. The molecule has 2 aliphatic heterocycles. The van der Waals surface area contributed by atoms with Crippen LogP contribution in [0.25, 0.3) is 0 Å². The molecule has 2 heterocycles. The summed E-state index contributed by atoms with van der Waals surface area (Å²) >= 11 is 0. The third-order valence-electron chi connectivity index (χ3n) is 3.77. The van der Waals surface area contributed by atoms with Gasteiger partial charge >= 0.3 is 5.97 Å². The van der Waals surface area contributed by atoms with Crippen molar-refractivity contribution in [3.63, 3.8) is 0 Å². The predicted molar refractivity (Wildman–Crippen MR) is 54.5 cm³/mol. The first-order chi connectivity index (χ1) is 7.46. The molecule has 0 aliphatic carbocycles. The standard InChI is InChI=1S/C11H17F2NO2/c1-11-5-6(4-8(15)16-2)3-7(14-11)9(12)10(11)13/h6-7,9-10,14H,3-5H2,1-2H3. The Bertz CT molecular complexity index is 300. The van der Waals surface area contributed by atoms with E-state index in [1.807, 2.05) is 0 Å². The minimum absolute atomic E-state index is 0.0164. The zero-order valence-corrected chi connectivity index (χ0v) is 9.50. The van der Waals surface area contributed by atoms with E-state index in [0.29, 0.717) is 12.8 Å². The Balaban J connectivity index is 2.05. The van der Waals surface area contributed by atoms with E-state index < -0.39 is 23.9 Å². The van der Waals surface area contributed by atoms with Crippen molar-refractivity contribution in [3.8, 4) is 0 Å². The summed E-state index contributed by atoms with van der Waals surface area (Å²) in [6.07, 6.45) is -1.68. The maximum Gasteiger partial charge on any atom is 0.305 e. The molecule has 2 rings (SSSR count). The normalized spacial score (nSPS) is 46.8. The second-order valence-corrected chi connectivity index (χ2v) is 5.10. The first kappa shape index (κ1) is 11.8. The van der Waals surface area contributed by atoms with Crippen molar-refractivity contribution in [1.82, 2.24) is 5.32 Å². The molecular formula is C11H17F2NO2.